The standard InChI is InChI=1S/C9H10N2O2/c1-7-5-9(3-4-11(12)13)6-10-8(7)2/h3-6H,1-2H3/b4-3+. The summed E-state index contributed by atoms with van der Waals surface area (Å²) in [6.45, 7) is 3.82. The Kier molecular flexibility index (Phi) is 2.74. The molecule has 0 aliphatic rings. The van der Waals surface area contributed by atoms with Gasteiger partial charge in [-0.15, -0.1) is 0 Å². The first-order valence-electron chi connectivity index (χ1n) is 3.84. The lowest BCUT2D eigenvalue weighted by molar-refractivity contribution is -0.400. The van der Waals surface area contributed by atoms with E-state index in [-0.39, 0.29) is 0 Å². The Balaban J connectivity index is 2.92. The Bertz CT molecular complexity index is 359. The van der Waals surface area contributed by atoms with Crippen molar-refractivity contribution >= 4 is 6.08 Å². The molecule has 0 fully saturated rings. The lowest BCUT2D eigenvalue weighted by atomic mass is 10.1. The highest BCUT2D eigenvalue weighted by molar-refractivity contribution is 5.48. The number of hydrogen-bond acceptors (Lipinski definition) is 3. The van der Waals surface area contributed by atoms with E-state index in [2.05, 4.69) is 4.98 Å². The largest absolute Gasteiger partial charge is 0.261 e. The third-order valence-electron chi connectivity index (χ3n) is 1.75. The van der Waals surface area contributed by atoms with Crippen molar-refractivity contribution in [3.05, 3.63) is 45.4 Å². The molecule has 0 aliphatic heterocycles. The molecule has 13 heavy (non-hydrogen) atoms. The van der Waals surface area contributed by atoms with Crippen molar-refractivity contribution in [2.45, 2.75) is 13.8 Å². The fourth-order valence-electron chi connectivity index (χ4n) is 0.903. The van der Waals surface area contributed by atoms with Crippen LogP contribution in [0.3, 0.4) is 0 Å². The molecule has 0 amide bonds. The van der Waals surface area contributed by atoms with E-state index in [4.69, 9.17) is 0 Å². The van der Waals surface area contributed by atoms with E-state index in [0.717, 1.165) is 23.0 Å². The van der Waals surface area contributed by atoms with Gasteiger partial charge in [0.15, 0.2) is 0 Å². The summed E-state index contributed by atoms with van der Waals surface area (Å²) in [4.78, 5) is 13.6. The highest BCUT2D eigenvalue weighted by Gasteiger charge is 1.95. The lowest BCUT2D eigenvalue weighted by Gasteiger charge is -1.98. The number of pyridine rings is 1. The van der Waals surface area contributed by atoms with Crippen molar-refractivity contribution in [2.75, 3.05) is 0 Å². The number of rotatable bonds is 2. The second-order valence-electron chi connectivity index (χ2n) is 2.77. The molecule has 4 heteroatoms. The predicted molar refractivity (Wildman–Crippen MR) is 49.7 cm³/mol. The number of aromatic nitrogens is 1. The van der Waals surface area contributed by atoms with Gasteiger partial charge in [-0.05, 0) is 31.0 Å². The molecule has 4 nitrogen and oxygen atoms in total. The van der Waals surface area contributed by atoms with E-state index in [1.807, 2.05) is 19.9 Å². The minimum atomic E-state index is -0.491. The summed E-state index contributed by atoms with van der Waals surface area (Å²) in [5.41, 5.74) is 2.73. The quantitative estimate of drug-likeness (QED) is 0.513. The van der Waals surface area contributed by atoms with Crippen LogP contribution in [0.1, 0.15) is 16.8 Å². The lowest BCUT2D eigenvalue weighted by Crippen LogP contribution is -1.88. The third kappa shape index (κ3) is 2.66. The molecule has 0 saturated carbocycles. The van der Waals surface area contributed by atoms with E-state index in [1.165, 1.54) is 6.08 Å². The van der Waals surface area contributed by atoms with Crippen LogP contribution in [0.15, 0.2) is 18.5 Å². The van der Waals surface area contributed by atoms with Crippen LogP contribution in [0.2, 0.25) is 0 Å². The van der Waals surface area contributed by atoms with Gasteiger partial charge in [-0.1, -0.05) is 0 Å². The minimum Gasteiger partial charge on any atom is -0.261 e. The fourth-order valence-corrected chi connectivity index (χ4v) is 0.903. The molecule has 0 aromatic carbocycles. The predicted octanol–water partition coefficient (Wildman–Crippen LogP) is 1.95. The molecule has 0 spiro atoms. The highest BCUT2D eigenvalue weighted by atomic mass is 16.6. The summed E-state index contributed by atoms with van der Waals surface area (Å²) in [5.74, 6) is 0. The zero-order chi connectivity index (χ0) is 9.84. The smallest absolute Gasteiger partial charge is 0.235 e. The maximum Gasteiger partial charge on any atom is 0.235 e. The fraction of sp³-hybridized carbons (Fsp3) is 0.222. The number of nitro groups is 1. The zero-order valence-corrected chi connectivity index (χ0v) is 7.52. The molecule has 1 rings (SSSR count). The van der Waals surface area contributed by atoms with Gasteiger partial charge in [0.2, 0.25) is 6.20 Å². The summed E-state index contributed by atoms with van der Waals surface area (Å²) in [6.07, 6.45) is 3.95. The molecule has 1 aromatic heterocycles. The molecule has 0 radical (unpaired) electrons. The Morgan fingerprint density at radius 1 is 1.54 bits per heavy atom. The molecule has 0 saturated heterocycles. The third-order valence-corrected chi connectivity index (χ3v) is 1.75. The van der Waals surface area contributed by atoms with Gasteiger partial charge in [-0.3, -0.25) is 15.1 Å². The van der Waals surface area contributed by atoms with Gasteiger partial charge in [0.05, 0.1) is 4.92 Å². The van der Waals surface area contributed by atoms with Crippen LogP contribution in [0, 0.1) is 24.0 Å². The van der Waals surface area contributed by atoms with Gasteiger partial charge in [0.25, 0.3) is 0 Å². The van der Waals surface area contributed by atoms with Crippen LogP contribution in [0.4, 0.5) is 0 Å². The Labute approximate surface area is 76.1 Å². The van der Waals surface area contributed by atoms with Crippen molar-refractivity contribution in [1.82, 2.24) is 4.98 Å². The number of nitrogens with zero attached hydrogens (tertiary/aromatic N) is 2. The first kappa shape index (κ1) is 9.38. The van der Waals surface area contributed by atoms with E-state index >= 15 is 0 Å². The maximum atomic E-state index is 10.0. The monoisotopic (exact) mass is 178 g/mol. The zero-order valence-electron chi connectivity index (χ0n) is 7.52. The molecule has 0 aliphatic carbocycles. The van der Waals surface area contributed by atoms with Gasteiger partial charge in [0.1, 0.15) is 0 Å². The summed E-state index contributed by atoms with van der Waals surface area (Å²) in [7, 11) is 0. The molecule has 0 bridgehead atoms. The van der Waals surface area contributed by atoms with Crippen LogP contribution in [-0.4, -0.2) is 9.91 Å². The van der Waals surface area contributed by atoms with Gasteiger partial charge in [-0.25, -0.2) is 0 Å². The van der Waals surface area contributed by atoms with E-state index in [0.29, 0.717) is 0 Å². The second kappa shape index (κ2) is 3.80. The van der Waals surface area contributed by atoms with Crippen LogP contribution in [0.25, 0.3) is 6.08 Å². The SMILES string of the molecule is Cc1cc(/C=C/[N+](=O)[O-])cnc1C. The molecule has 68 valence electrons. The van der Waals surface area contributed by atoms with Gasteiger partial charge in [0, 0.05) is 18.0 Å². The molecule has 0 unspecified atom stereocenters. The first-order chi connectivity index (χ1) is 6.09. The second-order valence-corrected chi connectivity index (χ2v) is 2.77. The Morgan fingerprint density at radius 2 is 2.23 bits per heavy atom. The van der Waals surface area contributed by atoms with Crippen molar-refractivity contribution in [3.63, 3.8) is 0 Å². The van der Waals surface area contributed by atoms with Crippen molar-refractivity contribution in [2.24, 2.45) is 0 Å². The first-order valence-corrected chi connectivity index (χ1v) is 3.84. The van der Waals surface area contributed by atoms with Crippen molar-refractivity contribution in [3.8, 4) is 0 Å². The number of hydrogen-bond donors (Lipinski definition) is 0. The van der Waals surface area contributed by atoms with E-state index in [1.54, 1.807) is 6.20 Å². The topological polar surface area (TPSA) is 56.0 Å². The van der Waals surface area contributed by atoms with E-state index < -0.39 is 4.92 Å². The van der Waals surface area contributed by atoms with Gasteiger partial charge >= 0.3 is 0 Å². The molecular formula is C9H10N2O2. The molecule has 0 atom stereocenters. The van der Waals surface area contributed by atoms with E-state index in [9.17, 15) is 10.1 Å². The molecule has 0 N–H and O–H groups in total. The average Bonchev–Trinajstić information content (AvgIpc) is 2.07. The Hall–Kier alpha value is -1.71. The van der Waals surface area contributed by atoms with Crippen LogP contribution >= 0.6 is 0 Å². The summed E-state index contributed by atoms with van der Waals surface area (Å²) >= 11 is 0. The normalized spacial score (nSPS) is 10.6. The molecule has 1 aromatic rings. The summed E-state index contributed by atoms with van der Waals surface area (Å²) in [6, 6.07) is 1.86. The molecular weight excluding hydrogens is 168 g/mol. The van der Waals surface area contributed by atoms with Gasteiger partial charge < -0.3 is 0 Å². The molecule has 1 heterocycles. The van der Waals surface area contributed by atoms with Crippen LogP contribution < -0.4 is 0 Å². The average molecular weight is 178 g/mol. The summed E-state index contributed by atoms with van der Waals surface area (Å²) in [5, 5.41) is 10.0. The van der Waals surface area contributed by atoms with Crippen LogP contribution in [0.5, 0.6) is 0 Å². The maximum absolute atomic E-state index is 10.0. The van der Waals surface area contributed by atoms with Crippen LogP contribution in [-0.2, 0) is 0 Å². The minimum absolute atomic E-state index is 0.491. The van der Waals surface area contributed by atoms with Crippen molar-refractivity contribution in [1.29, 1.82) is 0 Å². The number of aryl methyl sites for hydroxylation is 2. The Morgan fingerprint density at radius 3 is 2.77 bits per heavy atom. The van der Waals surface area contributed by atoms with Crippen molar-refractivity contribution < 1.29 is 4.92 Å². The highest BCUT2D eigenvalue weighted by Crippen LogP contribution is 2.07. The summed E-state index contributed by atoms with van der Waals surface area (Å²) < 4.78 is 0. The van der Waals surface area contributed by atoms with Gasteiger partial charge in [-0.2, -0.15) is 0 Å².